The van der Waals surface area contributed by atoms with Crippen LogP contribution in [-0.2, 0) is 26.3 Å². The molecular formula is C17H23ClN2O. The van der Waals surface area contributed by atoms with E-state index in [9.17, 15) is 5.11 Å². The summed E-state index contributed by atoms with van der Waals surface area (Å²) in [5.74, 6) is 0. The molecule has 0 aliphatic rings. The summed E-state index contributed by atoms with van der Waals surface area (Å²) in [5, 5.41) is 15.3. The van der Waals surface area contributed by atoms with Crippen molar-refractivity contribution in [2.24, 2.45) is 7.05 Å². The molecule has 1 heterocycles. The van der Waals surface area contributed by atoms with Crippen LogP contribution in [-0.4, -0.2) is 21.0 Å². The van der Waals surface area contributed by atoms with Gasteiger partial charge in [-0.3, -0.25) is 4.68 Å². The lowest BCUT2D eigenvalue weighted by molar-refractivity contribution is 0.163. The number of rotatable bonds is 6. The van der Waals surface area contributed by atoms with Crippen molar-refractivity contribution in [1.29, 1.82) is 0 Å². The first-order chi connectivity index (χ1) is 10.0. The summed E-state index contributed by atoms with van der Waals surface area (Å²) in [4.78, 5) is 0. The van der Waals surface area contributed by atoms with Gasteiger partial charge in [-0.05, 0) is 31.7 Å². The highest BCUT2D eigenvalue weighted by Gasteiger charge is 2.16. The number of benzene rings is 1. The van der Waals surface area contributed by atoms with E-state index in [0.29, 0.717) is 11.4 Å². The van der Waals surface area contributed by atoms with Crippen molar-refractivity contribution in [2.75, 3.05) is 0 Å². The number of aliphatic hydroxyl groups is 1. The minimum Gasteiger partial charge on any atom is -0.393 e. The summed E-state index contributed by atoms with van der Waals surface area (Å²) in [6.07, 6.45) is 2.56. The van der Waals surface area contributed by atoms with Crippen LogP contribution in [0.25, 0.3) is 0 Å². The topological polar surface area (TPSA) is 38.0 Å². The van der Waals surface area contributed by atoms with Crippen molar-refractivity contribution in [3.63, 3.8) is 0 Å². The zero-order valence-electron chi connectivity index (χ0n) is 12.9. The van der Waals surface area contributed by atoms with Gasteiger partial charge in [-0.25, -0.2) is 0 Å². The Morgan fingerprint density at radius 3 is 2.52 bits per heavy atom. The molecule has 2 aromatic rings. The number of nitrogens with zero attached hydrogens (tertiary/aromatic N) is 2. The summed E-state index contributed by atoms with van der Waals surface area (Å²) >= 11 is 6.31. The highest BCUT2D eigenvalue weighted by Crippen LogP contribution is 2.23. The number of aryl methyl sites for hydroxylation is 4. The molecule has 0 spiro atoms. The minimum absolute atomic E-state index is 0.399. The first-order valence-corrected chi connectivity index (χ1v) is 7.83. The van der Waals surface area contributed by atoms with Gasteiger partial charge in [-0.2, -0.15) is 5.10 Å². The van der Waals surface area contributed by atoms with Crippen molar-refractivity contribution in [2.45, 2.75) is 45.6 Å². The van der Waals surface area contributed by atoms with Gasteiger partial charge in [0.2, 0.25) is 0 Å². The van der Waals surface area contributed by atoms with Crippen LogP contribution in [0.5, 0.6) is 0 Å². The fourth-order valence-corrected chi connectivity index (χ4v) is 2.83. The van der Waals surface area contributed by atoms with Gasteiger partial charge in [-0.1, -0.05) is 48.4 Å². The van der Waals surface area contributed by atoms with Crippen LogP contribution in [0.1, 0.15) is 35.9 Å². The average molecular weight is 307 g/mol. The van der Waals surface area contributed by atoms with E-state index in [1.807, 2.05) is 14.0 Å². The Morgan fingerprint density at radius 1 is 1.29 bits per heavy atom. The van der Waals surface area contributed by atoms with Gasteiger partial charge in [0, 0.05) is 13.5 Å². The number of hydrogen-bond acceptors (Lipinski definition) is 2. The standard InChI is InChI=1S/C17H23ClN2O/c1-4-15-17(18)16(20(3)19-15)11-14(21)10-9-13-7-5-12(2)6-8-13/h5-8,14,21H,4,9-11H2,1-3H3. The fraction of sp³-hybridized carbons (Fsp3) is 0.471. The van der Waals surface area contributed by atoms with Crippen molar-refractivity contribution >= 4 is 11.6 Å². The van der Waals surface area contributed by atoms with Crippen molar-refractivity contribution in [3.8, 4) is 0 Å². The molecule has 0 bridgehead atoms. The predicted molar refractivity (Wildman–Crippen MR) is 86.8 cm³/mol. The van der Waals surface area contributed by atoms with Crippen LogP contribution < -0.4 is 0 Å². The molecule has 0 aliphatic carbocycles. The summed E-state index contributed by atoms with van der Waals surface area (Å²) < 4.78 is 1.79. The van der Waals surface area contributed by atoms with Crippen LogP contribution in [0, 0.1) is 6.92 Å². The molecule has 114 valence electrons. The quantitative estimate of drug-likeness (QED) is 0.887. The first kappa shape index (κ1) is 16.1. The van der Waals surface area contributed by atoms with E-state index in [4.69, 9.17) is 11.6 Å². The zero-order chi connectivity index (χ0) is 15.4. The van der Waals surface area contributed by atoms with Crippen molar-refractivity contribution in [1.82, 2.24) is 9.78 Å². The lowest BCUT2D eigenvalue weighted by Crippen LogP contribution is -2.14. The molecule has 1 atom stereocenters. The molecule has 1 unspecified atom stereocenters. The molecule has 0 saturated carbocycles. The van der Waals surface area contributed by atoms with Crippen molar-refractivity contribution in [3.05, 3.63) is 51.8 Å². The van der Waals surface area contributed by atoms with E-state index in [1.54, 1.807) is 4.68 Å². The first-order valence-electron chi connectivity index (χ1n) is 7.45. The smallest absolute Gasteiger partial charge is 0.0850 e. The second-order valence-electron chi connectivity index (χ2n) is 5.57. The van der Waals surface area contributed by atoms with Gasteiger partial charge in [-0.15, -0.1) is 0 Å². The molecule has 0 aliphatic heterocycles. The Hall–Kier alpha value is -1.32. The highest BCUT2D eigenvalue weighted by molar-refractivity contribution is 6.31. The Bertz CT molecular complexity index is 590. The van der Waals surface area contributed by atoms with Gasteiger partial charge >= 0.3 is 0 Å². The molecular weight excluding hydrogens is 284 g/mol. The number of aromatic nitrogens is 2. The Kier molecular flexibility index (Phi) is 5.43. The molecule has 1 N–H and O–H groups in total. The van der Waals surface area contributed by atoms with E-state index >= 15 is 0 Å². The van der Waals surface area contributed by atoms with Crippen LogP contribution in [0.4, 0.5) is 0 Å². The Labute approximate surface area is 131 Å². The summed E-state index contributed by atoms with van der Waals surface area (Å²) in [6, 6.07) is 8.45. The van der Waals surface area contributed by atoms with Gasteiger partial charge in [0.05, 0.1) is 22.5 Å². The van der Waals surface area contributed by atoms with Crippen LogP contribution in [0.15, 0.2) is 24.3 Å². The molecule has 2 rings (SSSR count). The second kappa shape index (κ2) is 7.10. The van der Waals surface area contributed by atoms with E-state index in [0.717, 1.165) is 30.7 Å². The minimum atomic E-state index is -0.399. The van der Waals surface area contributed by atoms with Gasteiger partial charge in [0.1, 0.15) is 0 Å². The Balaban J connectivity index is 1.94. The number of aliphatic hydroxyl groups excluding tert-OH is 1. The van der Waals surface area contributed by atoms with Crippen molar-refractivity contribution < 1.29 is 5.11 Å². The zero-order valence-corrected chi connectivity index (χ0v) is 13.7. The molecule has 21 heavy (non-hydrogen) atoms. The van der Waals surface area contributed by atoms with E-state index in [1.165, 1.54) is 11.1 Å². The molecule has 0 amide bonds. The molecule has 4 heteroatoms. The maximum atomic E-state index is 10.2. The van der Waals surface area contributed by atoms with Gasteiger partial charge in [0.15, 0.2) is 0 Å². The maximum Gasteiger partial charge on any atom is 0.0850 e. The predicted octanol–water partition coefficient (Wildman–Crippen LogP) is 3.48. The van der Waals surface area contributed by atoms with Gasteiger partial charge in [0.25, 0.3) is 0 Å². The van der Waals surface area contributed by atoms with E-state index in [2.05, 4.69) is 36.3 Å². The SMILES string of the molecule is CCc1nn(C)c(CC(O)CCc2ccc(C)cc2)c1Cl. The molecule has 1 aromatic heterocycles. The monoisotopic (exact) mass is 306 g/mol. The van der Waals surface area contributed by atoms with Gasteiger partial charge < -0.3 is 5.11 Å². The average Bonchev–Trinajstić information content (AvgIpc) is 2.74. The largest absolute Gasteiger partial charge is 0.393 e. The third-order valence-corrected chi connectivity index (χ3v) is 4.26. The molecule has 0 saturated heterocycles. The second-order valence-corrected chi connectivity index (χ2v) is 5.94. The summed E-state index contributed by atoms with van der Waals surface area (Å²) in [5.41, 5.74) is 4.34. The maximum absolute atomic E-state index is 10.2. The van der Waals surface area contributed by atoms with E-state index in [-0.39, 0.29) is 0 Å². The third kappa shape index (κ3) is 4.08. The number of halogens is 1. The fourth-order valence-electron chi connectivity index (χ4n) is 2.45. The summed E-state index contributed by atoms with van der Waals surface area (Å²) in [6.45, 7) is 4.11. The normalized spacial score (nSPS) is 12.6. The number of hydrogen-bond donors (Lipinski definition) is 1. The molecule has 3 nitrogen and oxygen atoms in total. The molecule has 0 fully saturated rings. The highest BCUT2D eigenvalue weighted by atomic mass is 35.5. The van der Waals surface area contributed by atoms with Crippen LogP contribution >= 0.6 is 11.6 Å². The lowest BCUT2D eigenvalue weighted by Gasteiger charge is -2.11. The lowest BCUT2D eigenvalue weighted by atomic mass is 10.0. The molecule has 0 radical (unpaired) electrons. The molecule has 1 aromatic carbocycles. The van der Waals surface area contributed by atoms with Crippen LogP contribution in [0.3, 0.4) is 0 Å². The van der Waals surface area contributed by atoms with Crippen LogP contribution in [0.2, 0.25) is 5.02 Å². The van der Waals surface area contributed by atoms with E-state index < -0.39 is 6.10 Å². The summed E-state index contributed by atoms with van der Waals surface area (Å²) in [7, 11) is 1.88. The third-order valence-electron chi connectivity index (χ3n) is 3.82. The Morgan fingerprint density at radius 2 is 1.95 bits per heavy atom.